The topological polar surface area (TPSA) is 66.8 Å². The summed E-state index contributed by atoms with van der Waals surface area (Å²) in [6.07, 6.45) is 1.60. The number of phenols is 1. The fourth-order valence-corrected chi connectivity index (χ4v) is 3.35. The summed E-state index contributed by atoms with van der Waals surface area (Å²) in [5.41, 5.74) is 4.36. The molecule has 1 N–H and O–H groups in total. The number of esters is 1. The van der Waals surface area contributed by atoms with E-state index in [2.05, 4.69) is 0 Å². The molecule has 0 unspecified atom stereocenters. The molecule has 1 amide bonds. The lowest BCUT2D eigenvalue weighted by Gasteiger charge is -2.19. The predicted molar refractivity (Wildman–Crippen MR) is 104 cm³/mol. The molecule has 0 fully saturated rings. The third kappa shape index (κ3) is 3.49. The van der Waals surface area contributed by atoms with Crippen molar-refractivity contribution in [2.24, 2.45) is 0 Å². The maximum absolute atomic E-state index is 13.2. The SMILES string of the molecule is COC(=O)C1=C(C)N(c2cc(C)cc(C)c2)C(=O)/C1=C\c1cccc(O)c1. The molecule has 0 aliphatic carbocycles. The molecule has 0 saturated carbocycles. The Morgan fingerprint density at radius 3 is 2.33 bits per heavy atom. The van der Waals surface area contributed by atoms with Gasteiger partial charge >= 0.3 is 5.97 Å². The van der Waals surface area contributed by atoms with Gasteiger partial charge in [0.05, 0.1) is 18.3 Å². The minimum Gasteiger partial charge on any atom is -0.508 e. The fraction of sp³-hybridized carbons (Fsp3) is 0.182. The molecule has 2 aromatic carbocycles. The van der Waals surface area contributed by atoms with Crippen LogP contribution in [0.2, 0.25) is 0 Å². The lowest BCUT2D eigenvalue weighted by Crippen LogP contribution is -2.24. The Hall–Kier alpha value is -3.34. The fourth-order valence-electron chi connectivity index (χ4n) is 3.35. The van der Waals surface area contributed by atoms with Crippen LogP contribution >= 0.6 is 0 Å². The average molecular weight is 363 g/mol. The minimum atomic E-state index is -0.570. The summed E-state index contributed by atoms with van der Waals surface area (Å²) in [4.78, 5) is 27.1. The molecule has 27 heavy (non-hydrogen) atoms. The summed E-state index contributed by atoms with van der Waals surface area (Å²) in [5, 5.41) is 9.69. The van der Waals surface area contributed by atoms with Crippen molar-refractivity contribution in [3.8, 4) is 5.75 Å². The first kappa shape index (κ1) is 18.5. The Kier molecular flexibility index (Phi) is 4.86. The van der Waals surface area contributed by atoms with Gasteiger partial charge in [-0.25, -0.2) is 4.79 Å². The third-order valence-electron chi connectivity index (χ3n) is 4.44. The number of ether oxygens (including phenoxy) is 1. The van der Waals surface area contributed by atoms with E-state index in [9.17, 15) is 14.7 Å². The van der Waals surface area contributed by atoms with Gasteiger partial charge in [-0.3, -0.25) is 9.69 Å². The largest absolute Gasteiger partial charge is 0.508 e. The molecule has 2 aromatic rings. The molecule has 3 rings (SSSR count). The van der Waals surface area contributed by atoms with E-state index < -0.39 is 5.97 Å². The number of hydrogen-bond donors (Lipinski definition) is 1. The molecule has 0 atom stereocenters. The van der Waals surface area contributed by atoms with Gasteiger partial charge in [0.1, 0.15) is 5.75 Å². The van der Waals surface area contributed by atoms with Crippen molar-refractivity contribution in [2.75, 3.05) is 12.0 Å². The van der Waals surface area contributed by atoms with Gasteiger partial charge in [-0.2, -0.15) is 0 Å². The van der Waals surface area contributed by atoms with Gasteiger partial charge in [0.15, 0.2) is 0 Å². The quantitative estimate of drug-likeness (QED) is 0.664. The van der Waals surface area contributed by atoms with Crippen LogP contribution in [0, 0.1) is 13.8 Å². The van der Waals surface area contributed by atoms with Crippen LogP contribution in [0.3, 0.4) is 0 Å². The van der Waals surface area contributed by atoms with E-state index in [4.69, 9.17) is 4.74 Å². The molecule has 1 heterocycles. The van der Waals surface area contributed by atoms with Crippen LogP contribution in [0.5, 0.6) is 5.75 Å². The summed E-state index contributed by atoms with van der Waals surface area (Å²) in [6.45, 7) is 5.65. The van der Waals surface area contributed by atoms with Crippen LogP contribution in [0.15, 0.2) is 59.3 Å². The van der Waals surface area contributed by atoms with Crippen molar-refractivity contribution in [3.05, 3.63) is 76.0 Å². The summed E-state index contributed by atoms with van der Waals surface area (Å²) in [7, 11) is 1.29. The van der Waals surface area contributed by atoms with Crippen molar-refractivity contribution in [1.82, 2.24) is 0 Å². The van der Waals surface area contributed by atoms with Gasteiger partial charge in [0.2, 0.25) is 0 Å². The van der Waals surface area contributed by atoms with Gasteiger partial charge in [-0.1, -0.05) is 18.2 Å². The number of carbonyl (C=O) groups is 2. The van der Waals surface area contributed by atoms with E-state index in [1.54, 1.807) is 31.2 Å². The molecule has 0 spiro atoms. The van der Waals surface area contributed by atoms with Gasteiger partial charge in [0, 0.05) is 11.4 Å². The summed E-state index contributed by atoms with van der Waals surface area (Å²) in [6, 6.07) is 12.3. The number of aryl methyl sites for hydroxylation is 2. The monoisotopic (exact) mass is 363 g/mol. The van der Waals surface area contributed by atoms with Gasteiger partial charge in [-0.15, -0.1) is 0 Å². The van der Waals surface area contributed by atoms with E-state index in [1.165, 1.54) is 18.1 Å². The van der Waals surface area contributed by atoms with E-state index in [0.29, 0.717) is 16.9 Å². The zero-order valence-electron chi connectivity index (χ0n) is 15.7. The van der Waals surface area contributed by atoms with Crippen molar-refractivity contribution < 1.29 is 19.4 Å². The first-order chi connectivity index (χ1) is 12.8. The van der Waals surface area contributed by atoms with E-state index >= 15 is 0 Å². The number of nitrogens with zero attached hydrogens (tertiary/aromatic N) is 1. The van der Waals surface area contributed by atoms with Crippen LogP contribution < -0.4 is 4.90 Å². The number of carbonyl (C=O) groups excluding carboxylic acids is 2. The maximum Gasteiger partial charge on any atom is 0.340 e. The highest BCUT2D eigenvalue weighted by Crippen LogP contribution is 2.36. The summed E-state index contributed by atoms with van der Waals surface area (Å²) >= 11 is 0. The number of benzene rings is 2. The first-order valence-corrected chi connectivity index (χ1v) is 8.55. The van der Waals surface area contributed by atoms with Crippen molar-refractivity contribution in [3.63, 3.8) is 0 Å². The molecule has 1 aliphatic rings. The number of aromatic hydroxyl groups is 1. The van der Waals surface area contributed by atoms with Crippen LogP contribution in [0.4, 0.5) is 5.69 Å². The lowest BCUT2D eigenvalue weighted by molar-refractivity contribution is -0.136. The van der Waals surface area contributed by atoms with Crippen LogP contribution in [0.25, 0.3) is 6.08 Å². The second-order valence-corrected chi connectivity index (χ2v) is 6.59. The van der Waals surface area contributed by atoms with Gasteiger partial charge in [-0.05, 0) is 67.8 Å². The molecular formula is C22H21NO4. The second-order valence-electron chi connectivity index (χ2n) is 6.59. The van der Waals surface area contributed by atoms with Crippen molar-refractivity contribution in [2.45, 2.75) is 20.8 Å². The number of phenolic OH excluding ortho intramolecular Hbond substituents is 1. The van der Waals surface area contributed by atoms with E-state index in [1.807, 2.05) is 32.0 Å². The highest BCUT2D eigenvalue weighted by Gasteiger charge is 2.38. The van der Waals surface area contributed by atoms with Crippen LogP contribution in [0.1, 0.15) is 23.6 Å². The zero-order valence-corrected chi connectivity index (χ0v) is 15.7. The maximum atomic E-state index is 13.2. The number of amides is 1. The van der Waals surface area contributed by atoms with Crippen molar-refractivity contribution >= 4 is 23.6 Å². The van der Waals surface area contributed by atoms with Gasteiger partial charge < -0.3 is 9.84 Å². The molecule has 1 aliphatic heterocycles. The van der Waals surface area contributed by atoms with Gasteiger partial charge in [0.25, 0.3) is 5.91 Å². The normalized spacial score (nSPS) is 15.6. The highest BCUT2D eigenvalue weighted by molar-refractivity contribution is 6.23. The standard InChI is InChI=1S/C22H21NO4/c1-13-8-14(2)10-17(9-13)23-15(3)20(22(26)27-4)19(21(23)25)12-16-6-5-7-18(24)11-16/h5-12,24H,1-4H3/b19-12-. The second kappa shape index (κ2) is 7.11. The Bertz CT molecular complexity index is 981. The zero-order chi connectivity index (χ0) is 19.7. The Morgan fingerprint density at radius 2 is 1.74 bits per heavy atom. The van der Waals surface area contributed by atoms with Crippen LogP contribution in [-0.2, 0) is 14.3 Å². The van der Waals surface area contributed by atoms with E-state index in [-0.39, 0.29) is 22.8 Å². The number of anilines is 1. The summed E-state index contributed by atoms with van der Waals surface area (Å²) in [5.74, 6) is -0.790. The number of rotatable bonds is 3. The van der Waals surface area contributed by atoms with E-state index in [0.717, 1.165) is 11.1 Å². The molecule has 0 bridgehead atoms. The van der Waals surface area contributed by atoms with Crippen molar-refractivity contribution in [1.29, 1.82) is 0 Å². The Morgan fingerprint density at radius 1 is 1.07 bits per heavy atom. The van der Waals surface area contributed by atoms with Crippen LogP contribution in [-0.4, -0.2) is 24.1 Å². The molecule has 5 nitrogen and oxygen atoms in total. The predicted octanol–water partition coefficient (Wildman–Crippen LogP) is 3.89. The highest BCUT2D eigenvalue weighted by atomic mass is 16.5. The summed E-state index contributed by atoms with van der Waals surface area (Å²) < 4.78 is 4.91. The first-order valence-electron chi connectivity index (χ1n) is 8.55. The minimum absolute atomic E-state index is 0.0845. The lowest BCUT2D eigenvalue weighted by atomic mass is 10.0. The Balaban J connectivity index is 2.17. The number of allylic oxidation sites excluding steroid dienone is 1. The molecule has 138 valence electrons. The molecule has 5 heteroatoms. The smallest absolute Gasteiger partial charge is 0.340 e. The number of hydrogen-bond acceptors (Lipinski definition) is 4. The Labute approximate surface area is 158 Å². The number of methoxy groups -OCH3 is 1. The molecule has 0 radical (unpaired) electrons. The average Bonchev–Trinajstić information content (AvgIpc) is 2.83. The molecule has 0 saturated heterocycles. The molecule has 0 aromatic heterocycles. The third-order valence-corrected chi connectivity index (χ3v) is 4.44. The molecular weight excluding hydrogens is 342 g/mol.